The van der Waals surface area contributed by atoms with Gasteiger partial charge in [0.25, 0.3) is 7.82 Å². The van der Waals surface area contributed by atoms with E-state index in [1.54, 1.807) is 0 Å². The third-order valence-electron chi connectivity index (χ3n) is 12.5. The van der Waals surface area contributed by atoms with Gasteiger partial charge >= 0.3 is 11.9 Å². The molecule has 0 rings (SSSR count). The molecule has 0 aliphatic rings. The van der Waals surface area contributed by atoms with E-state index in [1.165, 1.54) is 89.9 Å². The van der Waals surface area contributed by atoms with Gasteiger partial charge in [-0.2, -0.15) is 0 Å². The van der Waals surface area contributed by atoms with Crippen LogP contribution in [0.1, 0.15) is 239 Å². The van der Waals surface area contributed by atoms with Crippen molar-refractivity contribution in [2.75, 3.05) is 47.5 Å². The van der Waals surface area contributed by atoms with E-state index in [2.05, 4.69) is 123 Å². The van der Waals surface area contributed by atoms with Gasteiger partial charge in [0.05, 0.1) is 27.7 Å². The minimum atomic E-state index is -4.64. The maximum absolute atomic E-state index is 12.8. The summed E-state index contributed by atoms with van der Waals surface area (Å²) < 4.78 is 34.1. The molecule has 0 amide bonds. The molecule has 0 aromatic carbocycles. The van der Waals surface area contributed by atoms with E-state index in [-0.39, 0.29) is 26.1 Å². The minimum Gasteiger partial charge on any atom is -0.756 e. The summed E-state index contributed by atoms with van der Waals surface area (Å²) in [6, 6.07) is 0. The Morgan fingerprint density at radius 2 is 0.760 bits per heavy atom. The Morgan fingerprint density at radius 3 is 1.13 bits per heavy atom. The maximum Gasteiger partial charge on any atom is 0.306 e. The molecule has 0 saturated carbocycles. The number of phosphoric ester groups is 1. The summed E-state index contributed by atoms with van der Waals surface area (Å²) in [5, 5.41) is 0. The molecule has 0 aromatic heterocycles. The number of hydrogen-bond donors (Lipinski definition) is 0. The Morgan fingerprint density at radius 1 is 0.427 bits per heavy atom. The zero-order chi connectivity index (χ0) is 54.9. The fourth-order valence-electron chi connectivity index (χ4n) is 7.89. The zero-order valence-electron chi connectivity index (χ0n) is 48.7. The number of carbonyl (C=O) groups is 2. The zero-order valence-corrected chi connectivity index (χ0v) is 49.6. The predicted octanol–water partition coefficient (Wildman–Crippen LogP) is 18.3. The first kappa shape index (κ1) is 71.7. The van der Waals surface area contributed by atoms with Crippen LogP contribution >= 0.6 is 7.82 Å². The molecule has 0 aliphatic heterocycles. The normalized spacial score (nSPS) is 14.1. The Hall–Kier alpha value is -3.33. The molecule has 0 aliphatic carbocycles. The smallest absolute Gasteiger partial charge is 0.306 e. The van der Waals surface area contributed by atoms with Gasteiger partial charge in [0, 0.05) is 12.8 Å². The largest absolute Gasteiger partial charge is 0.756 e. The summed E-state index contributed by atoms with van der Waals surface area (Å²) in [5.74, 6) is -0.852. The molecule has 2 unspecified atom stereocenters. The number of nitrogens with zero attached hydrogens (tertiary/aromatic N) is 1. The molecule has 0 bridgehead atoms. The topological polar surface area (TPSA) is 111 Å². The highest BCUT2D eigenvalue weighted by Gasteiger charge is 2.22. The van der Waals surface area contributed by atoms with Gasteiger partial charge in [0.15, 0.2) is 6.10 Å². The molecule has 0 heterocycles. The van der Waals surface area contributed by atoms with Crippen LogP contribution in [0.4, 0.5) is 0 Å². The Kier molecular flexibility index (Phi) is 53.0. The van der Waals surface area contributed by atoms with Crippen LogP contribution in [-0.2, 0) is 32.7 Å². The lowest BCUT2D eigenvalue weighted by Gasteiger charge is -2.28. The third kappa shape index (κ3) is 59.8. The number of quaternary nitrogens is 1. The van der Waals surface area contributed by atoms with Crippen LogP contribution in [0.5, 0.6) is 0 Å². The van der Waals surface area contributed by atoms with Gasteiger partial charge in [0.1, 0.15) is 19.8 Å². The van der Waals surface area contributed by atoms with Crippen molar-refractivity contribution >= 4 is 19.8 Å². The fraction of sp³-hybridized carbons (Fsp3) is 0.692. The molecule has 0 N–H and O–H groups in total. The summed E-state index contributed by atoms with van der Waals surface area (Å²) in [6.07, 6.45) is 77.2. The average molecular weight is 1070 g/mol. The van der Waals surface area contributed by atoms with Crippen molar-refractivity contribution in [2.24, 2.45) is 0 Å². The molecular formula is C65H112NO8P. The maximum atomic E-state index is 12.8. The summed E-state index contributed by atoms with van der Waals surface area (Å²) in [5.41, 5.74) is 0. The molecule has 9 nitrogen and oxygen atoms in total. The molecule has 0 radical (unpaired) electrons. The van der Waals surface area contributed by atoms with Crippen molar-refractivity contribution in [1.29, 1.82) is 0 Å². The average Bonchev–Trinajstić information content (AvgIpc) is 3.37. The van der Waals surface area contributed by atoms with Crippen molar-refractivity contribution in [2.45, 2.75) is 245 Å². The van der Waals surface area contributed by atoms with Crippen molar-refractivity contribution in [3.63, 3.8) is 0 Å². The van der Waals surface area contributed by atoms with Crippen LogP contribution in [0.3, 0.4) is 0 Å². The van der Waals surface area contributed by atoms with Crippen LogP contribution in [0.2, 0.25) is 0 Å². The van der Waals surface area contributed by atoms with E-state index < -0.39 is 32.5 Å². The second kappa shape index (κ2) is 55.4. The number of rotatable bonds is 54. The Bertz CT molecular complexity index is 1630. The summed E-state index contributed by atoms with van der Waals surface area (Å²) in [7, 11) is 1.15. The van der Waals surface area contributed by atoms with Crippen LogP contribution in [0, 0.1) is 0 Å². The lowest BCUT2D eigenvalue weighted by atomic mass is 10.0. The van der Waals surface area contributed by atoms with Gasteiger partial charge in [-0.3, -0.25) is 14.2 Å². The number of allylic oxidation sites excluding steroid dienone is 18. The molecule has 0 spiro atoms. The van der Waals surface area contributed by atoms with Gasteiger partial charge in [-0.1, -0.05) is 239 Å². The number of carbonyl (C=O) groups excluding carboxylic acids is 2. The van der Waals surface area contributed by atoms with E-state index in [4.69, 9.17) is 18.5 Å². The van der Waals surface area contributed by atoms with E-state index >= 15 is 0 Å². The molecule has 0 saturated heterocycles. The first-order valence-corrected chi connectivity index (χ1v) is 31.6. The number of phosphoric acid groups is 1. The van der Waals surface area contributed by atoms with Gasteiger partial charge in [-0.25, -0.2) is 0 Å². The number of likely N-dealkylation sites (N-methyl/N-ethyl adjacent to an activating group) is 1. The first-order chi connectivity index (χ1) is 36.5. The van der Waals surface area contributed by atoms with Gasteiger partial charge in [-0.05, 0) is 96.3 Å². The number of unbranched alkanes of at least 4 members (excludes halogenated alkanes) is 22. The highest BCUT2D eigenvalue weighted by molar-refractivity contribution is 7.45. The summed E-state index contributed by atoms with van der Waals surface area (Å²) in [4.78, 5) is 37.8. The van der Waals surface area contributed by atoms with E-state index in [1.807, 2.05) is 21.1 Å². The molecule has 0 aromatic rings. The van der Waals surface area contributed by atoms with Crippen molar-refractivity contribution in [3.05, 3.63) is 109 Å². The van der Waals surface area contributed by atoms with E-state index in [0.717, 1.165) is 109 Å². The van der Waals surface area contributed by atoms with Crippen LogP contribution in [-0.4, -0.2) is 70.0 Å². The van der Waals surface area contributed by atoms with E-state index in [9.17, 15) is 19.0 Å². The monoisotopic (exact) mass is 1070 g/mol. The van der Waals surface area contributed by atoms with Crippen molar-refractivity contribution < 1.29 is 42.1 Å². The second-order valence-electron chi connectivity index (χ2n) is 21.0. The predicted molar refractivity (Wildman–Crippen MR) is 318 cm³/mol. The second-order valence-corrected chi connectivity index (χ2v) is 22.4. The van der Waals surface area contributed by atoms with E-state index in [0.29, 0.717) is 23.9 Å². The number of esters is 2. The molecule has 0 fully saturated rings. The quantitative estimate of drug-likeness (QED) is 0.0195. The van der Waals surface area contributed by atoms with Gasteiger partial charge in [0.2, 0.25) is 0 Å². The van der Waals surface area contributed by atoms with Gasteiger partial charge in [-0.15, -0.1) is 0 Å². The Balaban J connectivity index is 4.04. The lowest BCUT2D eigenvalue weighted by molar-refractivity contribution is -0.870. The lowest BCUT2D eigenvalue weighted by Crippen LogP contribution is -2.37. The minimum absolute atomic E-state index is 0.0369. The molecule has 10 heteroatoms. The van der Waals surface area contributed by atoms with Crippen molar-refractivity contribution in [1.82, 2.24) is 0 Å². The highest BCUT2D eigenvalue weighted by Crippen LogP contribution is 2.38. The highest BCUT2D eigenvalue weighted by atomic mass is 31.2. The van der Waals surface area contributed by atoms with Crippen LogP contribution in [0.25, 0.3) is 0 Å². The first-order valence-electron chi connectivity index (χ1n) is 30.1. The molecule has 430 valence electrons. The third-order valence-corrected chi connectivity index (χ3v) is 13.5. The fourth-order valence-corrected chi connectivity index (χ4v) is 8.62. The van der Waals surface area contributed by atoms with Crippen LogP contribution in [0.15, 0.2) is 109 Å². The molecule has 75 heavy (non-hydrogen) atoms. The summed E-state index contributed by atoms with van der Waals surface area (Å²) >= 11 is 0. The standard InChI is InChI=1S/C65H112NO8P/c1-6-8-10-12-14-16-18-20-22-23-24-25-26-27-28-29-30-31-32-33-34-35-36-37-38-39-40-41-42-43-44-46-48-50-52-54-56-58-65(68)74-63(62-73-75(69,70)72-60-59-66(3,4)5)61-71-64(67)57-55-53-51-49-47-45-21-19-17-15-13-11-9-7-2/h8,10,13-16,19-22,24-25,27-28,30-31,33-34,63H,6-7,9,11-12,17-18,23,26,29,32,35-62H2,1-5H3/b10-8-,15-13-,16-14-,21-19-,22-20-,25-24-,28-27-,31-30-,34-33-. The number of ether oxygens (including phenoxy) is 2. The van der Waals surface area contributed by atoms with Crippen LogP contribution < -0.4 is 4.89 Å². The number of hydrogen-bond acceptors (Lipinski definition) is 8. The SMILES string of the molecule is CC/C=C\C/C=C\C/C=C\C/C=C\C/C=C\C/C=C\C/C=C\CCCCCCCCCCCCCCCCCC(=O)OC(COC(=O)CCCCCCC/C=C\C/C=C\CCCC)COP(=O)([O-])OCC[N+](C)(C)C. The Labute approximate surface area is 461 Å². The molecular weight excluding hydrogens is 954 g/mol. The molecule has 2 atom stereocenters. The van der Waals surface area contributed by atoms with Crippen molar-refractivity contribution in [3.8, 4) is 0 Å². The summed E-state index contributed by atoms with van der Waals surface area (Å²) in [6.45, 7) is 4.06. The van der Waals surface area contributed by atoms with Gasteiger partial charge < -0.3 is 27.9 Å².